The van der Waals surface area contributed by atoms with Gasteiger partial charge in [-0.05, 0) is 36.4 Å². The van der Waals surface area contributed by atoms with Crippen LogP contribution in [0.2, 0.25) is 5.82 Å². The first-order valence-corrected chi connectivity index (χ1v) is 5.89. The highest BCUT2D eigenvalue weighted by Gasteiger charge is 2.29. The summed E-state index contributed by atoms with van der Waals surface area (Å²) in [5.74, 6) is -0.175. The van der Waals surface area contributed by atoms with Crippen LogP contribution in [0.25, 0.3) is 0 Å². The van der Waals surface area contributed by atoms with Gasteiger partial charge in [-0.2, -0.15) is 13.2 Å². The highest BCUT2D eigenvalue weighted by molar-refractivity contribution is 6.29. The molecule has 0 unspecified atom stereocenters. The largest absolute Gasteiger partial charge is 0.428 e. The number of alkyl halides is 3. The maximum atomic E-state index is 12.4. The highest BCUT2D eigenvalue weighted by Crippen LogP contribution is 2.29. The zero-order valence-corrected chi connectivity index (χ0v) is 10.4. The second-order valence-corrected chi connectivity index (χ2v) is 4.15. The average molecular weight is 274 g/mol. The Labute approximate surface area is 110 Å². The van der Waals surface area contributed by atoms with Crippen molar-refractivity contribution < 1.29 is 22.9 Å². The van der Waals surface area contributed by atoms with Crippen molar-refractivity contribution in [3.05, 3.63) is 35.4 Å². The number of aryl methyl sites for hydroxylation is 1. The minimum absolute atomic E-state index is 0.0385. The van der Waals surface area contributed by atoms with Crippen molar-refractivity contribution in [2.24, 2.45) is 5.73 Å². The molecule has 1 rings (SSSR count). The van der Waals surface area contributed by atoms with Gasteiger partial charge in [0.1, 0.15) is 0 Å². The van der Waals surface area contributed by atoms with Crippen LogP contribution in [0.15, 0.2) is 24.3 Å². The van der Waals surface area contributed by atoms with Gasteiger partial charge in [-0.25, -0.2) is 0 Å². The lowest BCUT2D eigenvalue weighted by Gasteiger charge is -2.12. The smallest absolute Gasteiger partial charge is 0.416 e. The quantitative estimate of drug-likeness (QED) is 0.590. The lowest BCUT2D eigenvalue weighted by Crippen LogP contribution is -2.16. The van der Waals surface area contributed by atoms with Gasteiger partial charge in [0.15, 0.2) is 0 Å². The number of hydrogen-bond donors (Lipinski definition) is 2. The SMILES string of the molecule is NCO[B][C@@H](CO)CCc1ccc(C(F)(F)F)cc1. The maximum Gasteiger partial charge on any atom is 0.416 e. The first-order valence-electron chi connectivity index (χ1n) is 5.89. The Bertz CT molecular complexity index is 370. The van der Waals surface area contributed by atoms with Crippen molar-refractivity contribution in [2.45, 2.75) is 24.8 Å². The summed E-state index contributed by atoms with van der Waals surface area (Å²) in [7, 11) is 1.46. The molecule has 0 heterocycles. The summed E-state index contributed by atoms with van der Waals surface area (Å²) in [6.07, 6.45) is -3.16. The summed E-state index contributed by atoms with van der Waals surface area (Å²) in [6, 6.07) is 5.01. The maximum absolute atomic E-state index is 12.4. The number of benzene rings is 1. The molecule has 0 spiro atoms. The Morgan fingerprint density at radius 3 is 2.37 bits per heavy atom. The zero-order chi connectivity index (χ0) is 14.3. The van der Waals surface area contributed by atoms with E-state index in [1.807, 2.05) is 0 Å². The second kappa shape index (κ2) is 7.52. The van der Waals surface area contributed by atoms with Crippen LogP contribution in [-0.4, -0.2) is 25.9 Å². The standard InChI is InChI=1S/C12H16BF3NO2/c14-12(15,16)10-4-1-9(2-5-10)3-6-11(7-18)13-19-8-17/h1-2,4-5,11,18H,3,6-8,17H2/t11-/m1/s1. The summed E-state index contributed by atoms with van der Waals surface area (Å²) in [5, 5.41) is 9.08. The van der Waals surface area contributed by atoms with Crippen LogP contribution in [0.4, 0.5) is 13.2 Å². The summed E-state index contributed by atoms with van der Waals surface area (Å²) in [4.78, 5) is 0. The topological polar surface area (TPSA) is 55.5 Å². The van der Waals surface area contributed by atoms with Crippen molar-refractivity contribution in [2.75, 3.05) is 13.3 Å². The fourth-order valence-corrected chi connectivity index (χ4v) is 1.61. The summed E-state index contributed by atoms with van der Waals surface area (Å²) >= 11 is 0. The minimum atomic E-state index is -4.31. The van der Waals surface area contributed by atoms with E-state index in [1.54, 1.807) is 0 Å². The monoisotopic (exact) mass is 274 g/mol. The van der Waals surface area contributed by atoms with Crippen LogP contribution in [-0.2, 0) is 17.3 Å². The third-order valence-electron chi connectivity index (χ3n) is 2.70. The molecule has 0 saturated heterocycles. The molecule has 1 radical (unpaired) electrons. The zero-order valence-electron chi connectivity index (χ0n) is 10.4. The van der Waals surface area contributed by atoms with E-state index in [0.29, 0.717) is 12.8 Å². The van der Waals surface area contributed by atoms with Gasteiger partial charge in [-0.15, -0.1) is 0 Å². The molecule has 3 N–H and O–H groups in total. The van der Waals surface area contributed by atoms with Crippen LogP contribution in [0.5, 0.6) is 0 Å². The highest BCUT2D eigenvalue weighted by atomic mass is 19.4. The molecule has 0 aliphatic rings. The van der Waals surface area contributed by atoms with E-state index in [2.05, 4.69) is 0 Å². The molecule has 105 valence electrons. The summed E-state index contributed by atoms with van der Waals surface area (Å²) < 4.78 is 42.0. The first-order chi connectivity index (χ1) is 8.97. The predicted molar refractivity (Wildman–Crippen MR) is 66.5 cm³/mol. The van der Waals surface area contributed by atoms with Gasteiger partial charge in [0.05, 0.1) is 12.3 Å². The van der Waals surface area contributed by atoms with Gasteiger partial charge in [0.2, 0.25) is 0 Å². The molecule has 7 heteroatoms. The third-order valence-corrected chi connectivity index (χ3v) is 2.70. The first kappa shape index (κ1) is 16.0. The van der Waals surface area contributed by atoms with Gasteiger partial charge in [0, 0.05) is 6.61 Å². The summed E-state index contributed by atoms with van der Waals surface area (Å²) in [6.45, 7) is -0.0442. The van der Waals surface area contributed by atoms with Gasteiger partial charge in [-0.1, -0.05) is 12.1 Å². The lowest BCUT2D eigenvalue weighted by atomic mass is 9.77. The third kappa shape index (κ3) is 5.63. The molecule has 1 atom stereocenters. The van der Waals surface area contributed by atoms with E-state index in [9.17, 15) is 13.2 Å². The van der Waals surface area contributed by atoms with Gasteiger partial charge in [0.25, 0.3) is 7.48 Å². The van der Waals surface area contributed by atoms with Crippen molar-refractivity contribution in [3.8, 4) is 0 Å². The normalized spacial score (nSPS) is 13.3. The lowest BCUT2D eigenvalue weighted by molar-refractivity contribution is -0.137. The molecule has 0 aliphatic heterocycles. The van der Waals surface area contributed by atoms with Crippen LogP contribution in [0.3, 0.4) is 0 Å². The van der Waals surface area contributed by atoms with Crippen LogP contribution in [0.1, 0.15) is 17.5 Å². The Morgan fingerprint density at radius 2 is 1.89 bits per heavy atom. The number of hydrogen-bond acceptors (Lipinski definition) is 3. The van der Waals surface area contributed by atoms with E-state index in [-0.39, 0.29) is 19.2 Å². The number of aliphatic hydroxyl groups excluding tert-OH is 1. The molecular weight excluding hydrogens is 258 g/mol. The minimum Gasteiger partial charge on any atom is -0.428 e. The Balaban J connectivity index is 2.49. The number of rotatable bonds is 7. The van der Waals surface area contributed by atoms with Gasteiger partial charge in [-0.3, -0.25) is 0 Å². The van der Waals surface area contributed by atoms with E-state index in [4.69, 9.17) is 15.5 Å². The Kier molecular flexibility index (Phi) is 6.34. The van der Waals surface area contributed by atoms with Gasteiger partial charge >= 0.3 is 6.18 Å². The van der Waals surface area contributed by atoms with Crippen LogP contribution in [0, 0.1) is 0 Å². The molecule has 19 heavy (non-hydrogen) atoms. The molecule has 0 fully saturated rings. The van der Waals surface area contributed by atoms with E-state index < -0.39 is 11.7 Å². The van der Waals surface area contributed by atoms with E-state index >= 15 is 0 Å². The van der Waals surface area contributed by atoms with Crippen molar-refractivity contribution in [1.82, 2.24) is 0 Å². The molecule has 0 saturated carbocycles. The fraction of sp³-hybridized carbons (Fsp3) is 0.500. The van der Waals surface area contributed by atoms with Crippen molar-refractivity contribution >= 4 is 7.48 Å². The molecular formula is C12H16BF3NO2. The molecule has 1 aromatic carbocycles. The van der Waals surface area contributed by atoms with Crippen molar-refractivity contribution in [3.63, 3.8) is 0 Å². The number of nitrogens with two attached hydrogens (primary N) is 1. The Hall–Kier alpha value is -1.05. The molecule has 0 aliphatic carbocycles. The number of halogens is 3. The molecule has 0 bridgehead atoms. The average Bonchev–Trinajstić information content (AvgIpc) is 2.38. The Morgan fingerprint density at radius 1 is 1.26 bits per heavy atom. The molecule has 3 nitrogen and oxygen atoms in total. The predicted octanol–water partition coefficient (Wildman–Crippen LogP) is 1.97. The summed E-state index contributed by atoms with van der Waals surface area (Å²) in [5.41, 5.74) is 5.28. The van der Waals surface area contributed by atoms with Crippen molar-refractivity contribution in [1.29, 1.82) is 0 Å². The van der Waals surface area contributed by atoms with E-state index in [0.717, 1.165) is 17.7 Å². The number of aliphatic hydroxyl groups is 1. The second-order valence-electron chi connectivity index (χ2n) is 4.15. The van der Waals surface area contributed by atoms with Gasteiger partial charge < -0.3 is 15.5 Å². The molecule has 1 aromatic rings. The molecule has 0 aromatic heterocycles. The fourth-order valence-electron chi connectivity index (χ4n) is 1.61. The van der Waals surface area contributed by atoms with Crippen LogP contribution >= 0.6 is 0 Å². The van der Waals surface area contributed by atoms with Crippen LogP contribution < -0.4 is 5.73 Å². The van der Waals surface area contributed by atoms with E-state index in [1.165, 1.54) is 19.6 Å². The molecule has 0 amide bonds.